The summed E-state index contributed by atoms with van der Waals surface area (Å²) in [5.74, 6) is 0.301. The lowest BCUT2D eigenvalue weighted by atomic mass is 10.0. The first-order chi connectivity index (χ1) is 7.60. The molecule has 0 aliphatic heterocycles. The van der Waals surface area contributed by atoms with Gasteiger partial charge in [0.1, 0.15) is 5.75 Å². The lowest BCUT2D eigenvalue weighted by molar-refractivity contribution is -0.385. The van der Waals surface area contributed by atoms with Crippen LogP contribution in [0, 0.1) is 10.1 Å². The van der Waals surface area contributed by atoms with E-state index in [1.807, 2.05) is 0 Å². The van der Waals surface area contributed by atoms with Crippen molar-refractivity contribution < 1.29 is 14.8 Å². The van der Waals surface area contributed by atoms with Crippen molar-refractivity contribution in [1.82, 2.24) is 0 Å². The smallest absolute Gasteiger partial charge is 0.273 e. The molecule has 1 atom stereocenters. The van der Waals surface area contributed by atoms with Crippen molar-refractivity contribution in [3.05, 3.63) is 33.9 Å². The highest BCUT2D eigenvalue weighted by Gasteiger charge is 2.16. The molecule has 88 valence electrons. The van der Waals surface area contributed by atoms with Gasteiger partial charge in [0.25, 0.3) is 5.69 Å². The van der Waals surface area contributed by atoms with Crippen LogP contribution in [0.1, 0.15) is 18.1 Å². The van der Waals surface area contributed by atoms with E-state index < -0.39 is 11.0 Å². The van der Waals surface area contributed by atoms with Crippen molar-refractivity contribution in [2.75, 3.05) is 13.7 Å². The maximum Gasteiger partial charge on any atom is 0.273 e. The number of nitrogens with two attached hydrogens (primary N) is 1. The summed E-state index contributed by atoms with van der Waals surface area (Å²) in [6.45, 7) is 0.335. The van der Waals surface area contributed by atoms with Gasteiger partial charge in [0.2, 0.25) is 0 Å². The van der Waals surface area contributed by atoms with E-state index in [1.54, 1.807) is 0 Å². The van der Waals surface area contributed by atoms with E-state index in [-0.39, 0.29) is 5.69 Å². The number of ether oxygens (including phenoxy) is 1. The number of nitro benzene ring substituents is 1. The molecule has 6 heteroatoms. The SMILES string of the molecule is COc1cc([N+](=O)[O-])ccc1C(O)CCN. The fourth-order valence-electron chi connectivity index (χ4n) is 1.40. The van der Waals surface area contributed by atoms with Crippen LogP contribution in [-0.2, 0) is 0 Å². The number of hydrogen-bond donors (Lipinski definition) is 2. The first-order valence-corrected chi connectivity index (χ1v) is 4.80. The molecule has 1 unspecified atom stereocenters. The molecular weight excluding hydrogens is 212 g/mol. The Bertz CT molecular complexity index is 381. The van der Waals surface area contributed by atoms with E-state index in [9.17, 15) is 15.2 Å². The first kappa shape index (κ1) is 12.4. The van der Waals surface area contributed by atoms with Crippen molar-refractivity contribution in [1.29, 1.82) is 0 Å². The maximum absolute atomic E-state index is 10.5. The van der Waals surface area contributed by atoms with Gasteiger partial charge in [0.15, 0.2) is 0 Å². The van der Waals surface area contributed by atoms with E-state index in [0.29, 0.717) is 24.3 Å². The normalized spacial score (nSPS) is 12.2. The summed E-state index contributed by atoms with van der Waals surface area (Å²) >= 11 is 0. The van der Waals surface area contributed by atoms with Gasteiger partial charge >= 0.3 is 0 Å². The molecule has 3 N–H and O–H groups in total. The van der Waals surface area contributed by atoms with E-state index in [4.69, 9.17) is 10.5 Å². The van der Waals surface area contributed by atoms with E-state index in [1.165, 1.54) is 25.3 Å². The van der Waals surface area contributed by atoms with E-state index >= 15 is 0 Å². The highest BCUT2D eigenvalue weighted by Crippen LogP contribution is 2.30. The molecule has 1 aromatic rings. The second kappa shape index (κ2) is 5.43. The summed E-state index contributed by atoms with van der Waals surface area (Å²) in [6.07, 6.45) is -0.380. The minimum atomic E-state index is -0.763. The Morgan fingerprint density at radius 2 is 2.31 bits per heavy atom. The van der Waals surface area contributed by atoms with Gasteiger partial charge < -0.3 is 15.6 Å². The van der Waals surface area contributed by atoms with Crippen LogP contribution >= 0.6 is 0 Å². The predicted molar refractivity (Wildman–Crippen MR) is 58.3 cm³/mol. The van der Waals surface area contributed by atoms with Crippen LogP contribution in [0.15, 0.2) is 18.2 Å². The van der Waals surface area contributed by atoms with Crippen LogP contribution in [0.2, 0.25) is 0 Å². The van der Waals surface area contributed by atoms with Gasteiger partial charge in [-0.25, -0.2) is 0 Å². The summed E-state index contributed by atoms with van der Waals surface area (Å²) in [4.78, 5) is 10.0. The molecule has 1 rings (SSSR count). The standard InChI is InChI=1S/C10H14N2O4/c1-16-10-6-7(12(14)15)2-3-8(10)9(13)4-5-11/h2-3,6,9,13H,4-5,11H2,1H3. The molecule has 0 fully saturated rings. The summed E-state index contributed by atoms with van der Waals surface area (Å²) in [5.41, 5.74) is 5.77. The molecule has 0 spiro atoms. The third-order valence-corrected chi connectivity index (χ3v) is 2.23. The molecule has 0 aliphatic carbocycles. The highest BCUT2D eigenvalue weighted by molar-refractivity contribution is 5.45. The number of nitro groups is 1. The van der Waals surface area contributed by atoms with Gasteiger partial charge in [-0.3, -0.25) is 10.1 Å². The van der Waals surface area contributed by atoms with Crippen LogP contribution in [0.5, 0.6) is 5.75 Å². The molecule has 0 saturated heterocycles. The number of hydrogen-bond acceptors (Lipinski definition) is 5. The number of nitrogens with zero attached hydrogens (tertiary/aromatic N) is 1. The van der Waals surface area contributed by atoms with E-state index in [2.05, 4.69) is 0 Å². The fourth-order valence-corrected chi connectivity index (χ4v) is 1.40. The predicted octanol–water partition coefficient (Wildman–Crippen LogP) is 0.986. The number of aliphatic hydroxyl groups is 1. The maximum atomic E-state index is 10.5. The van der Waals surface area contributed by atoms with Crippen LogP contribution in [-0.4, -0.2) is 23.7 Å². The van der Waals surface area contributed by atoms with Gasteiger partial charge in [-0.05, 0) is 19.0 Å². The first-order valence-electron chi connectivity index (χ1n) is 4.80. The lowest BCUT2D eigenvalue weighted by Gasteiger charge is -2.13. The van der Waals surface area contributed by atoms with Crippen molar-refractivity contribution in [2.24, 2.45) is 5.73 Å². The number of aliphatic hydroxyl groups excluding tert-OH is 1. The molecule has 1 aromatic carbocycles. The Labute approximate surface area is 92.8 Å². The van der Waals surface area contributed by atoms with Gasteiger partial charge in [-0.15, -0.1) is 0 Å². The molecule has 16 heavy (non-hydrogen) atoms. The molecule has 0 radical (unpaired) electrons. The third kappa shape index (κ3) is 2.68. The molecule has 0 amide bonds. The second-order valence-corrected chi connectivity index (χ2v) is 3.28. The average molecular weight is 226 g/mol. The molecule has 0 saturated carbocycles. The number of methoxy groups -OCH3 is 1. The average Bonchev–Trinajstić information content (AvgIpc) is 2.28. The van der Waals surface area contributed by atoms with Gasteiger partial charge in [-0.2, -0.15) is 0 Å². The van der Waals surface area contributed by atoms with Crippen LogP contribution in [0.3, 0.4) is 0 Å². The number of rotatable bonds is 5. The lowest BCUT2D eigenvalue weighted by Crippen LogP contribution is -2.08. The van der Waals surface area contributed by atoms with Gasteiger partial charge in [-0.1, -0.05) is 0 Å². The molecule has 0 aromatic heterocycles. The summed E-state index contributed by atoms with van der Waals surface area (Å²) in [6, 6.07) is 4.10. The molecule has 0 heterocycles. The number of non-ortho nitro benzene ring substituents is 1. The quantitative estimate of drug-likeness (QED) is 0.576. The minimum Gasteiger partial charge on any atom is -0.496 e. The summed E-state index contributed by atoms with van der Waals surface area (Å²) < 4.78 is 5.00. The van der Waals surface area contributed by atoms with E-state index in [0.717, 1.165) is 0 Å². The summed E-state index contributed by atoms with van der Waals surface area (Å²) in [5, 5.41) is 20.3. The minimum absolute atomic E-state index is 0.0689. The monoisotopic (exact) mass is 226 g/mol. The molecule has 0 aliphatic rings. The van der Waals surface area contributed by atoms with Crippen molar-refractivity contribution in [3.63, 3.8) is 0 Å². The Kier molecular flexibility index (Phi) is 4.21. The van der Waals surface area contributed by atoms with Crippen LogP contribution < -0.4 is 10.5 Å². The number of benzene rings is 1. The summed E-state index contributed by atoms with van der Waals surface area (Å²) in [7, 11) is 1.40. The highest BCUT2D eigenvalue weighted by atomic mass is 16.6. The van der Waals surface area contributed by atoms with Crippen LogP contribution in [0.25, 0.3) is 0 Å². The van der Waals surface area contributed by atoms with Gasteiger partial charge in [0, 0.05) is 11.6 Å². The zero-order valence-electron chi connectivity index (χ0n) is 8.92. The zero-order chi connectivity index (χ0) is 12.1. The Morgan fingerprint density at radius 1 is 1.62 bits per heavy atom. The largest absolute Gasteiger partial charge is 0.496 e. The molecule has 0 bridgehead atoms. The molecular formula is C10H14N2O4. The van der Waals surface area contributed by atoms with Gasteiger partial charge in [0.05, 0.1) is 24.2 Å². The molecule has 6 nitrogen and oxygen atoms in total. The van der Waals surface area contributed by atoms with Crippen molar-refractivity contribution in [2.45, 2.75) is 12.5 Å². The Morgan fingerprint density at radius 3 is 2.81 bits per heavy atom. The second-order valence-electron chi connectivity index (χ2n) is 3.28. The Balaban J connectivity index is 3.06. The van der Waals surface area contributed by atoms with Crippen molar-refractivity contribution in [3.8, 4) is 5.75 Å². The van der Waals surface area contributed by atoms with Crippen LogP contribution in [0.4, 0.5) is 5.69 Å². The third-order valence-electron chi connectivity index (χ3n) is 2.23. The Hall–Kier alpha value is -1.66. The van der Waals surface area contributed by atoms with Crippen molar-refractivity contribution >= 4 is 5.69 Å². The fraction of sp³-hybridized carbons (Fsp3) is 0.400. The topological polar surface area (TPSA) is 98.6 Å². The zero-order valence-corrected chi connectivity index (χ0v) is 8.92.